The molecule has 2 rings (SSSR count). The quantitative estimate of drug-likeness (QED) is 0.399. The van der Waals surface area contributed by atoms with Gasteiger partial charge in [0.2, 0.25) is 5.78 Å². The Morgan fingerprint density at radius 1 is 1.43 bits per heavy atom. The number of thiophene rings is 1. The van der Waals surface area contributed by atoms with Crippen LogP contribution in [-0.2, 0) is 14.3 Å². The van der Waals surface area contributed by atoms with Gasteiger partial charge in [-0.1, -0.05) is 0 Å². The summed E-state index contributed by atoms with van der Waals surface area (Å²) in [6, 6.07) is 3.83. The van der Waals surface area contributed by atoms with Crippen LogP contribution >= 0.6 is 11.3 Å². The van der Waals surface area contributed by atoms with Gasteiger partial charge in [-0.2, -0.15) is 0 Å². The first-order valence-electron chi connectivity index (χ1n) is 4.15. The van der Waals surface area contributed by atoms with Crippen LogP contribution in [0.2, 0.25) is 0 Å². The second-order valence-corrected chi connectivity index (χ2v) is 4.33. The lowest BCUT2D eigenvalue weighted by Crippen LogP contribution is -1.99. The molecule has 2 heterocycles. The van der Waals surface area contributed by atoms with Gasteiger partial charge in [0.25, 0.3) is 0 Å². The van der Waals surface area contributed by atoms with Crippen molar-refractivity contribution in [2.24, 2.45) is 0 Å². The molecule has 0 radical (unpaired) electrons. The third-order valence-electron chi connectivity index (χ3n) is 1.90. The molecule has 0 atom stereocenters. The standard InChI is InChI=1S/C10H8O3S/c1-6-2-3-7(14-6)4-8-9(11)5-13-10(8)12/h2-4H,5H2,1H3. The summed E-state index contributed by atoms with van der Waals surface area (Å²) in [5.41, 5.74) is 0.159. The second kappa shape index (κ2) is 3.38. The lowest BCUT2D eigenvalue weighted by atomic mass is 10.2. The SMILES string of the molecule is Cc1ccc(C=C2C(=O)COC2=O)s1. The van der Waals surface area contributed by atoms with Crippen molar-refractivity contribution in [3.63, 3.8) is 0 Å². The number of cyclic esters (lactones) is 1. The number of carbonyl (C=O) groups excluding carboxylic acids is 2. The minimum atomic E-state index is -0.513. The summed E-state index contributed by atoms with van der Waals surface area (Å²) in [5, 5.41) is 0. The molecule has 1 aromatic heterocycles. The molecule has 0 amide bonds. The molecule has 1 aromatic rings. The Hall–Kier alpha value is -1.42. The Morgan fingerprint density at radius 3 is 2.71 bits per heavy atom. The van der Waals surface area contributed by atoms with Crippen LogP contribution in [0.4, 0.5) is 0 Å². The highest BCUT2D eigenvalue weighted by Gasteiger charge is 2.27. The lowest BCUT2D eigenvalue weighted by molar-refractivity contribution is -0.135. The first kappa shape index (κ1) is 9.15. The van der Waals surface area contributed by atoms with Crippen molar-refractivity contribution in [1.29, 1.82) is 0 Å². The predicted molar refractivity (Wildman–Crippen MR) is 53.0 cm³/mol. The van der Waals surface area contributed by atoms with Crippen molar-refractivity contribution in [2.75, 3.05) is 6.61 Å². The van der Waals surface area contributed by atoms with Crippen LogP contribution in [-0.4, -0.2) is 18.4 Å². The fourth-order valence-electron chi connectivity index (χ4n) is 1.21. The topological polar surface area (TPSA) is 43.4 Å². The highest BCUT2D eigenvalue weighted by atomic mass is 32.1. The van der Waals surface area contributed by atoms with Gasteiger partial charge < -0.3 is 4.74 Å². The molecule has 0 aromatic carbocycles. The Morgan fingerprint density at radius 2 is 2.21 bits per heavy atom. The monoisotopic (exact) mass is 208 g/mol. The fourth-order valence-corrected chi connectivity index (χ4v) is 2.03. The van der Waals surface area contributed by atoms with Gasteiger partial charge >= 0.3 is 5.97 Å². The zero-order chi connectivity index (χ0) is 10.1. The van der Waals surface area contributed by atoms with E-state index in [1.165, 1.54) is 0 Å². The van der Waals surface area contributed by atoms with E-state index < -0.39 is 5.97 Å². The smallest absolute Gasteiger partial charge is 0.342 e. The molecule has 1 fully saturated rings. The Labute approximate surface area is 85.0 Å². The van der Waals surface area contributed by atoms with Crippen molar-refractivity contribution in [3.8, 4) is 0 Å². The molecule has 72 valence electrons. The average molecular weight is 208 g/mol. The summed E-state index contributed by atoms with van der Waals surface area (Å²) in [6.07, 6.45) is 1.59. The van der Waals surface area contributed by atoms with Gasteiger partial charge in [0, 0.05) is 9.75 Å². The fraction of sp³-hybridized carbons (Fsp3) is 0.200. The highest BCUT2D eigenvalue weighted by molar-refractivity contribution is 7.12. The van der Waals surface area contributed by atoms with Crippen molar-refractivity contribution < 1.29 is 14.3 Å². The van der Waals surface area contributed by atoms with Gasteiger partial charge in [-0.25, -0.2) is 4.79 Å². The Balaban J connectivity index is 2.34. The van der Waals surface area contributed by atoms with E-state index in [4.69, 9.17) is 0 Å². The third-order valence-corrected chi connectivity index (χ3v) is 2.85. The van der Waals surface area contributed by atoms with Gasteiger partial charge in [0.05, 0.1) is 0 Å². The van der Waals surface area contributed by atoms with Gasteiger partial charge in [0.1, 0.15) is 5.57 Å². The van der Waals surface area contributed by atoms with Gasteiger partial charge in [-0.3, -0.25) is 4.79 Å². The third kappa shape index (κ3) is 1.61. The summed E-state index contributed by atoms with van der Waals surface area (Å²) in [5.74, 6) is -0.748. The predicted octanol–water partition coefficient (Wildman–Crippen LogP) is 1.57. The Bertz CT molecular complexity index is 410. The van der Waals surface area contributed by atoms with Crippen molar-refractivity contribution >= 4 is 29.2 Å². The Kier molecular flexibility index (Phi) is 2.21. The van der Waals surface area contributed by atoms with Crippen molar-refractivity contribution in [2.45, 2.75) is 6.92 Å². The average Bonchev–Trinajstić information content (AvgIpc) is 2.67. The minimum Gasteiger partial charge on any atom is -0.454 e. The number of hydrogen-bond acceptors (Lipinski definition) is 4. The summed E-state index contributed by atoms with van der Waals surface area (Å²) in [7, 11) is 0. The molecule has 1 aliphatic heterocycles. The summed E-state index contributed by atoms with van der Waals surface area (Å²) in [6.45, 7) is 1.86. The summed E-state index contributed by atoms with van der Waals surface area (Å²) < 4.78 is 4.60. The van der Waals surface area contributed by atoms with Gasteiger partial charge in [0.15, 0.2) is 6.61 Å². The second-order valence-electron chi connectivity index (χ2n) is 3.01. The maximum atomic E-state index is 11.2. The maximum absolute atomic E-state index is 11.2. The van der Waals surface area contributed by atoms with Crippen molar-refractivity contribution in [3.05, 3.63) is 27.5 Å². The molecule has 4 heteroatoms. The zero-order valence-electron chi connectivity index (χ0n) is 7.57. The molecule has 0 N–H and O–H groups in total. The van der Waals surface area contributed by atoms with E-state index >= 15 is 0 Å². The van der Waals surface area contributed by atoms with E-state index in [2.05, 4.69) is 4.74 Å². The number of ketones is 1. The number of hydrogen-bond donors (Lipinski definition) is 0. The number of ether oxygens (including phenoxy) is 1. The van der Waals surface area contributed by atoms with E-state index in [0.717, 1.165) is 9.75 Å². The van der Waals surface area contributed by atoms with Crippen LogP contribution in [0, 0.1) is 6.92 Å². The van der Waals surface area contributed by atoms with E-state index in [0.29, 0.717) is 0 Å². The van der Waals surface area contributed by atoms with Crippen LogP contribution < -0.4 is 0 Å². The number of Topliss-reactive ketones (excluding diaryl/α,β-unsaturated/α-hetero) is 1. The summed E-state index contributed by atoms with van der Waals surface area (Å²) >= 11 is 1.54. The molecule has 0 spiro atoms. The van der Waals surface area contributed by atoms with Gasteiger partial charge in [-0.05, 0) is 25.1 Å². The molecular formula is C10H8O3S. The van der Waals surface area contributed by atoms with Crippen LogP contribution in [0.25, 0.3) is 6.08 Å². The van der Waals surface area contributed by atoms with Crippen molar-refractivity contribution in [1.82, 2.24) is 0 Å². The minimum absolute atomic E-state index is 0.116. The van der Waals surface area contributed by atoms with E-state index in [9.17, 15) is 9.59 Å². The molecule has 14 heavy (non-hydrogen) atoms. The van der Waals surface area contributed by atoms with Crippen LogP contribution in [0.5, 0.6) is 0 Å². The molecule has 0 unspecified atom stereocenters. The number of rotatable bonds is 1. The van der Waals surface area contributed by atoms with Crippen LogP contribution in [0.15, 0.2) is 17.7 Å². The largest absolute Gasteiger partial charge is 0.454 e. The molecular weight excluding hydrogens is 200 g/mol. The van der Waals surface area contributed by atoms with E-state index in [1.54, 1.807) is 17.4 Å². The lowest BCUT2D eigenvalue weighted by Gasteiger charge is -1.87. The van der Waals surface area contributed by atoms with Gasteiger partial charge in [-0.15, -0.1) is 11.3 Å². The highest BCUT2D eigenvalue weighted by Crippen LogP contribution is 2.20. The summed E-state index contributed by atoms with van der Waals surface area (Å²) in [4.78, 5) is 24.3. The molecule has 1 saturated heterocycles. The number of esters is 1. The molecule has 0 bridgehead atoms. The number of aryl methyl sites for hydroxylation is 1. The first-order chi connectivity index (χ1) is 6.66. The van der Waals surface area contributed by atoms with E-state index in [1.807, 2.05) is 19.1 Å². The first-order valence-corrected chi connectivity index (χ1v) is 4.97. The molecule has 0 saturated carbocycles. The molecule has 1 aliphatic rings. The van der Waals surface area contributed by atoms with E-state index in [-0.39, 0.29) is 18.0 Å². The van der Waals surface area contributed by atoms with Crippen LogP contribution in [0.1, 0.15) is 9.75 Å². The van der Waals surface area contributed by atoms with Crippen LogP contribution in [0.3, 0.4) is 0 Å². The normalized spacial score (nSPS) is 19.1. The zero-order valence-corrected chi connectivity index (χ0v) is 8.39. The molecule has 0 aliphatic carbocycles. The number of carbonyl (C=O) groups is 2. The maximum Gasteiger partial charge on any atom is 0.342 e. The molecule has 3 nitrogen and oxygen atoms in total.